The van der Waals surface area contributed by atoms with Crippen LogP contribution in [0.1, 0.15) is 36.0 Å². The van der Waals surface area contributed by atoms with Gasteiger partial charge in [0, 0.05) is 16.7 Å². The first-order valence-electron chi connectivity index (χ1n) is 6.60. The number of hydrogen-bond acceptors (Lipinski definition) is 3. The first-order chi connectivity index (χ1) is 9.13. The first kappa shape index (κ1) is 14.3. The second kappa shape index (κ2) is 6.39. The van der Waals surface area contributed by atoms with E-state index in [1.807, 2.05) is 6.07 Å². The summed E-state index contributed by atoms with van der Waals surface area (Å²) in [6.07, 6.45) is 4.01. The summed E-state index contributed by atoms with van der Waals surface area (Å²) in [5.74, 6) is -0.0778. The highest BCUT2D eigenvalue weighted by Crippen LogP contribution is 2.23. The number of rotatable bonds is 2. The van der Waals surface area contributed by atoms with Crippen LogP contribution in [-0.2, 0) is 0 Å². The van der Waals surface area contributed by atoms with Crippen LogP contribution < -0.4 is 5.73 Å². The molecule has 1 unspecified atom stereocenters. The third-order valence-electron chi connectivity index (χ3n) is 3.59. The Labute approximate surface area is 121 Å². The van der Waals surface area contributed by atoms with Crippen molar-refractivity contribution in [2.45, 2.75) is 31.7 Å². The van der Waals surface area contributed by atoms with E-state index in [1.165, 1.54) is 0 Å². The molecule has 1 aliphatic heterocycles. The zero-order valence-electron chi connectivity index (χ0n) is 10.8. The fraction of sp³-hybridized carbons (Fsp3) is 0.500. The number of halogens is 1. The van der Waals surface area contributed by atoms with Gasteiger partial charge in [-0.3, -0.25) is 4.79 Å². The van der Waals surface area contributed by atoms with Crippen molar-refractivity contribution in [1.29, 1.82) is 0 Å². The minimum atomic E-state index is -0.0851. The number of hydrogen-bond donors (Lipinski definition) is 2. The smallest absolute Gasteiger partial charge is 0.256 e. The fourth-order valence-electron chi connectivity index (χ4n) is 2.52. The highest BCUT2D eigenvalue weighted by molar-refractivity contribution is 9.10. The summed E-state index contributed by atoms with van der Waals surface area (Å²) in [6.45, 7) is 0.710. The summed E-state index contributed by atoms with van der Waals surface area (Å²) in [6, 6.07) is 5.20. The van der Waals surface area contributed by atoms with Crippen LogP contribution in [0.15, 0.2) is 22.7 Å². The number of nitrogens with zero attached hydrogens (tertiary/aromatic N) is 1. The van der Waals surface area contributed by atoms with Crippen LogP contribution in [0.2, 0.25) is 0 Å². The van der Waals surface area contributed by atoms with Gasteiger partial charge in [-0.1, -0.05) is 28.8 Å². The van der Waals surface area contributed by atoms with E-state index in [0.29, 0.717) is 17.8 Å². The van der Waals surface area contributed by atoms with Gasteiger partial charge in [0.2, 0.25) is 0 Å². The second-order valence-electron chi connectivity index (χ2n) is 4.92. The van der Waals surface area contributed by atoms with E-state index in [9.17, 15) is 9.90 Å². The molecule has 1 fully saturated rings. The van der Waals surface area contributed by atoms with Crippen LogP contribution in [0, 0.1) is 0 Å². The van der Waals surface area contributed by atoms with Crippen LogP contribution in [-0.4, -0.2) is 35.1 Å². The van der Waals surface area contributed by atoms with Crippen molar-refractivity contribution >= 4 is 27.5 Å². The van der Waals surface area contributed by atoms with E-state index < -0.39 is 0 Å². The predicted molar refractivity (Wildman–Crippen MR) is 78.9 cm³/mol. The quantitative estimate of drug-likeness (QED) is 0.820. The third kappa shape index (κ3) is 3.28. The molecule has 0 bridgehead atoms. The number of aliphatic hydroxyl groups is 1. The summed E-state index contributed by atoms with van der Waals surface area (Å²) in [5.41, 5.74) is 6.90. The molecule has 1 heterocycles. The summed E-state index contributed by atoms with van der Waals surface area (Å²) in [5, 5.41) is 9.46. The monoisotopic (exact) mass is 326 g/mol. The van der Waals surface area contributed by atoms with Gasteiger partial charge < -0.3 is 15.7 Å². The van der Waals surface area contributed by atoms with Gasteiger partial charge >= 0.3 is 0 Å². The molecule has 1 aliphatic rings. The highest BCUT2D eigenvalue weighted by Gasteiger charge is 2.26. The summed E-state index contributed by atoms with van der Waals surface area (Å²) >= 11 is 3.33. The number of carbonyl (C=O) groups is 1. The molecule has 1 amide bonds. The van der Waals surface area contributed by atoms with E-state index in [0.717, 1.165) is 30.2 Å². The Hall–Kier alpha value is -1.07. The fourth-order valence-corrected chi connectivity index (χ4v) is 2.90. The Bertz CT molecular complexity index is 465. The molecule has 104 valence electrons. The second-order valence-corrected chi connectivity index (χ2v) is 5.83. The first-order valence-corrected chi connectivity index (χ1v) is 7.39. The van der Waals surface area contributed by atoms with Crippen molar-refractivity contribution in [2.24, 2.45) is 0 Å². The van der Waals surface area contributed by atoms with Crippen LogP contribution in [0.4, 0.5) is 5.69 Å². The number of likely N-dealkylation sites (tertiary alicyclic amines) is 1. The Morgan fingerprint density at radius 3 is 2.89 bits per heavy atom. The molecule has 2 rings (SSSR count). The van der Waals surface area contributed by atoms with Gasteiger partial charge in [0.05, 0.1) is 18.2 Å². The molecule has 0 radical (unpaired) electrons. The lowest BCUT2D eigenvalue weighted by molar-refractivity contribution is 0.0601. The van der Waals surface area contributed by atoms with Crippen molar-refractivity contribution in [1.82, 2.24) is 4.90 Å². The van der Waals surface area contributed by atoms with Crippen LogP contribution in [0.3, 0.4) is 0 Å². The average molecular weight is 327 g/mol. The molecule has 3 N–H and O–H groups in total. The maximum absolute atomic E-state index is 12.6. The molecular formula is C14H19BrN2O2. The minimum absolute atomic E-state index is 0.0160. The van der Waals surface area contributed by atoms with Gasteiger partial charge in [-0.05, 0) is 31.0 Å². The number of nitrogens with two attached hydrogens (primary N) is 1. The normalized spacial score (nSPS) is 20.1. The van der Waals surface area contributed by atoms with E-state index in [2.05, 4.69) is 15.9 Å². The van der Waals surface area contributed by atoms with E-state index in [1.54, 1.807) is 17.0 Å². The van der Waals surface area contributed by atoms with Crippen molar-refractivity contribution in [3.8, 4) is 0 Å². The maximum Gasteiger partial charge on any atom is 0.256 e. The minimum Gasteiger partial charge on any atom is -0.398 e. The van der Waals surface area contributed by atoms with Gasteiger partial charge in [0.25, 0.3) is 5.91 Å². The number of aliphatic hydroxyl groups excluding tert-OH is 1. The molecule has 0 saturated carbocycles. The molecule has 1 atom stereocenters. The van der Waals surface area contributed by atoms with Crippen LogP contribution in [0.25, 0.3) is 0 Å². The van der Waals surface area contributed by atoms with Crippen LogP contribution in [0.5, 0.6) is 0 Å². The maximum atomic E-state index is 12.6. The third-order valence-corrected chi connectivity index (χ3v) is 4.09. The standard InChI is InChI=1S/C14H19BrN2O2/c15-10-5-6-12(13(16)8-10)14(19)17-7-3-1-2-4-11(17)9-18/h5-6,8,11,18H,1-4,7,9,16H2. The molecule has 0 aromatic heterocycles. The Kier molecular flexibility index (Phi) is 4.82. The lowest BCUT2D eigenvalue weighted by Crippen LogP contribution is -2.42. The van der Waals surface area contributed by atoms with Crippen molar-refractivity contribution in [2.75, 3.05) is 18.9 Å². The number of carbonyl (C=O) groups excluding carboxylic acids is 1. The van der Waals surface area contributed by atoms with E-state index in [4.69, 9.17) is 5.73 Å². The van der Waals surface area contributed by atoms with Crippen molar-refractivity contribution in [3.63, 3.8) is 0 Å². The lowest BCUT2D eigenvalue weighted by atomic mass is 10.1. The largest absolute Gasteiger partial charge is 0.398 e. The average Bonchev–Trinajstić information content (AvgIpc) is 2.63. The van der Waals surface area contributed by atoms with Gasteiger partial charge in [0.1, 0.15) is 0 Å². The van der Waals surface area contributed by atoms with Crippen LogP contribution >= 0.6 is 15.9 Å². The molecule has 0 spiro atoms. The van der Waals surface area contributed by atoms with Gasteiger partial charge in [-0.25, -0.2) is 0 Å². The molecule has 1 saturated heterocycles. The van der Waals surface area contributed by atoms with Gasteiger partial charge in [-0.2, -0.15) is 0 Å². The van der Waals surface area contributed by atoms with E-state index in [-0.39, 0.29) is 18.6 Å². The molecular weight excluding hydrogens is 308 g/mol. The Balaban J connectivity index is 2.25. The SMILES string of the molecule is Nc1cc(Br)ccc1C(=O)N1CCCCCC1CO. The topological polar surface area (TPSA) is 66.6 Å². The predicted octanol–water partition coefficient (Wildman–Crippen LogP) is 2.41. The summed E-state index contributed by atoms with van der Waals surface area (Å²) in [4.78, 5) is 14.3. The molecule has 0 aliphatic carbocycles. The summed E-state index contributed by atoms with van der Waals surface area (Å²) in [7, 11) is 0. The zero-order chi connectivity index (χ0) is 13.8. The number of amides is 1. The van der Waals surface area contributed by atoms with Gasteiger partial charge in [-0.15, -0.1) is 0 Å². The molecule has 1 aromatic carbocycles. The Morgan fingerprint density at radius 1 is 1.42 bits per heavy atom. The van der Waals surface area contributed by atoms with Crippen molar-refractivity contribution < 1.29 is 9.90 Å². The molecule has 1 aromatic rings. The molecule has 19 heavy (non-hydrogen) atoms. The highest BCUT2D eigenvalue weighted by atomic mass is 79.9. The number of anilines is 1. The number of benzene rings is 1. The Morgan fingerprint density at radius 2 is 2.21 bits per heavy atom. The molecule has 4 nitrogen and oxygen atoms in total. The van der Waals surface area contributed by atoms with Crippen molar-refractivity contribution in [3.05, 3.63) is 28.2 Å². The molecule has 5 heteroatoms. The van der Waals surface area contributed by atoms with E-state index >= 15 is 0 Å². The summed E-state index contributed by atoms with van der Waals surface area (Å²) < 4.78 is 0.858. The lowest BCUT2D eigenvalue weighted by Gasteiger charge is -2.29. The number of nitrogen functional groups attached to an aromatic ring is 1. The van der Waals surface area contributed by atoms with Gasteiger partial charge in [0.15, 0.2) is 0 Å². The zero-order valence-corrected chi connectivity index (χ0v) is 12.4.